The molecule has 7 nitrogen and oxygen atoms in total. The fourth-order valence-electron chi connectivity index (χ4n) is 4.05. The molecule has 0 aliphatic carbocycles. The molecule has 1 atom stereocenters. The molecule has 2 amide bonds. The summed E-state index contributed by atoms with van der Waals surface area (Å²) >= 11 is 0. The van der Waals surface area contributed by atoms with Gasteiger partial charge in [-0.3, -0.25) is 13.9 Å². The van der Waals surface area contributed by atoms with Crippen LogP contribution < -0.4 is 9.62 Å². The van der Waals surface area contributed by atoms with Gasteiger partial charge >= 0.3 is 6.18 Å². The van der Waals surface area contributed by atoms with Gasteiger partial charge in [-0.15, -0.1) is 0 Å². The number of anilines is 1. The highest BCUT2D eigenvalue weighted by molar-refractivity contribution is 7.92. The number of hydrogen-bond donors (Lipinski definition) is 1. The lowest BCUT2D eigenvalue weighted by molar-refractivity contribution is -0.141. The molecular formula is C27H36F3N3O4S. The Kier molecular flexibility index (Phi) is 11.6. The number of amides is 2. The van der Waals surface area contributed by atoms with Crippen molar-refractivity contribution in [1.82, 2.24) is 10.2 Å². The Balaban J connectivity index is 2.21. The maximum Gasteiger partial charge on any atom is 0.416 e. The fourth-order valence-corrected chi connectivity index (χ4v) is 5.00. The highest BCUT2D eigenvalue weighted by atomic mass is 32.2. The van der Waals surface area contributed by atoms with Gasteiger partial charge in [-0.25, -0.2) is 8.42 Å². The van der Waals surface area contributed by atoms with Crippen LogP contribution >= 0.6 is 0 Å². The Morgan fingerprint density at radius 2 is 1.68 bits per heavy atom. The van der Waals surface area contributed by atoms with E-state index >= 15 is 0 Å². The number of halogens is 3. The van der Waals surface area contributed by atoms with Gasteiger partial charge in [-0.05, 0) is 43.0 Å². The molecule has 2 rings (SSSR count). The number of sulfonamides is 1. The van der Waals surface area contributed by atoms with Gasteiger partial charge in [0.1, 0.15) is 6.04 Å². The molecule has 0 aliphatic rings. The van der Waals surface area contributed by atoms with Gasteiger partial charge in [0.15, 0.2) is 0 Å². The minimum Gasteiger partial charge on any atom is -0.354 e. The smallest absolute Gasteiger partial charge is 0.354 e. The second kappa shape index (κ2) is 14.2. The summed E-state index contributed by atoms with van der Waals surface area (Å²) < 4.78 is 65.2. The van der Waals surface area contributed by atoms with E-state index < -0.39 is 27.8 Å². The molecule has 0 saturated heterocycles. The molecule has 0 radical (unpaired) electrons. The number of unbranched alkanes of at least 4 members (excludes halogenated alkanes) is 1. The van der Waals surface area contributed by atoms with Crippen LogP contribution in [-0.2, 0) is 32.3 Å². The summed E-state index contributed by atoms with van der Waals surface area (Å²) in [5.74, 6) is -0.601. The van der Waals surface area contributed by atoms with Crippen molar-refractivity contribution in [2.45, 2.75) is 64.7 Å². The Hall–Kier alpha value is -3.08. The largest absolute Gasteiger partial charge is 0.416 e. The standard InChI is InChI=1S/C27H36F3N3O4S/c1-4-6-17-31-26(35)24(5-2)32(20-21-12-8-7-9-13-21)25(34)16-11-18-33(38(3,36)37)23-15-10-14-22(19-23)27(28,29)30/h7-10,12-15,19,24H,4-6,11,16-18,20H2,1-3H3,(H,31,35)/t24-/m1/s1. The van der Waals surface area contributed by atoms with Crippen LogP contribution in [0.4, 0.5) is 18.9 Å². The fraction of sp³-hybridized carbons (Fsp3) is 0.481. The molecule has 0 bridgehead atoms. The molecule has 38 heavy (non-hydrogen) atoms. The van der Waals surface area contributed by atoms with Crippen molar-refractivity contribution in [2.24, 2.45) is 0 Å². The summed E-state index contributed by atoms with van der Waals surface area (Å²) in [5, 5.41) is 2.88. The van der Waals surface area contributed by atoms with E-state index in [1.807, 2.05) is 44.2 Å². The maximum atomic E-state index is 13.4. The van der Waals surface area contributed by atoms with Crippen LogP contribution in [0.2, 0.25) is 0 Å². The third-order valence-corrected chi connectivity index (χ3v) is 7.22. The van der Waals surface area contributed by atoms with Crippen LogP contribution in [-0.4, -0.2) is 50.5 Å². The predicted octanol–water partition coefficient (Wildman–Crippen LogP) is 4.98. The van der Waals surface area contributed by atoms with Crippen molar-refractivity contribution in [2.75, 3.05) is 23.7 Å². The molecule has 0 fully saturated rings. The van der Waals surface area contributed by atoms with Crippen molar-refractivity contribution in [3.8, 4) is 0 Å². The number of rotatable bonds is 14. The van der Waals surface area contributed by atoms with E-state index in [4.69, 9.17) is 0 Å². The van der Waals surface area contributed by atoms with E-state index in [9.17, 15) is 31.2 Å². The topological polar surface area (TPSA) is 86.8 Å². The Labute approximate surface area is 223 Å². The normalized spacial score (nSPS) is 12.6. The van der Waals surface area contributed by atoms with Crippen LogP contribution in [0, 0.1) is 0 Å². The third kappa shape index (κ3) is 9.34. The number of alkyl halides is 3. The van der Waals surface area contributed by atoms with Gasteiger partial charge in [-0.1, -0.05) is 56.7 Å². The van der Waals surface area contributed by atoms with Gasteiger partial charge in [0.05, 0.1) is 17.5 Å². The van der Waals surface area contributed by atoms with E-state index in [0.29, 0.717) is 13.0 Å². The van der Waals surface area contributed by atoms with Crippen molar-refractivity contribution in [3.63, 3.8) is 0 Å². The summed E-state index contributed by atoms with van der Waals surface area (Å²) in [6.07, 6.45) is -1.64. The van der Waals surface area contributed by atoms with Crippen LogP contribution in [0.25, 0.3) is 0 Å². The SMILES string of the molecule is CCCCNC(=O)[C@@H](CC)N(Cc1ccccc1)C(=O)CCCN(c1cccc(C(F)(F)F)c1)S(C)(=O)=O. The third-order valence-electron chi connectivity index (χ3n) is 6.02. The first-order valence-electron chi connectivity index (χ1n) is 12.6. The number of nitrogens with one attached hydrogen (secondary N) is 1. The average molecular weight is 556 g/mol. The molecule has 0 aromatic heterocycles. The van der Waals surface area contributed by atoms with Crippen molar-refractivity contribution in [3.05, 3.63) is 65.7 Å². The zero-order valence-corrected chi connectivity index (χ0v) is 22.8. The highest BCUT2D eigenvalue weighted by Crippen LogP contribution is 2.32. The summed E-state index contributed by atoms with van der Waals surface area (Å²) in [7, 11) is -3.92. The van der Waals surface area contributed by atoms with Crippen molar-refractivity contribution in [1.29, 1.82) is 0 Å². The number of carbonyl (C=O) groups excluding carboxylic acids is 2. The average Bonchev–Trinajstić information content (AvgIpc) is 2.86. The van der Waals surface area contributed by atoms with Crippen LogP contribution in [0.5, 0.6) is 0 Å². The number of nitrogens with zero attached hydrogens (tertiary/aromatic N) is 2. The molecule has 0 spiro atoms. The first-order chi connectivity index (χ1) is 17.9. The molecule has 2 aromatic rings. The van der Waals surface area contributed by atoms with Crippen molar-refractivity contribution < 1.29 is 31.2 Å². The van der Waals surface area contributed by atoms with Gasteiger partial charge in [0, 0.05) is 26.1 Å². The number of carbonyl (C=O) groups is 2. The predicted molar refractivity (Wildman–Crippen MR) is 142 cm³/mol. The Morgan fingerprint density at radius 3 is 2.26 bits per heavy atom. The van der Waals surface area contributed by atoms with Gasteiger partial charge in [0.2, 0.25) is 21.8 Å². The Morgan fingerprint density at radius 1 is 1.00 bits per heavy atom. The summed E-state index contributed by atoms with van der Waals surface area (Å²) in [6.45, 7) is 4.33. The van der Waals surface area contributed by atoms with Gasteiger partial charge in [-0.2, -0.15) is 13.2 Å². The molecule has 0 saturated carbocycles. The minimum absolute atomic E-state index is 0.0569. The zero-order chi connectivity index (χ0) is 28.3. The lowest BCUT2D eigenvalue weighted by atomic mass is 10.1. The van der Waals surface area contributed by atoms with E-state index in [1.54, 1.807) is 0 Å². The van der Waals surface area contributed by atoms with E-state index in [-0.39, 0.29) is 43.4 Å². The Bertz CT molecular complexity index is 1160. The van der Waals surface area contributed by atoms with E-state index in [0.717, 1.165) is 47.2 Å². The second-order valence-corrected chi connectivity index (χ2v) is 11.0. The molecule has 11 heteroatoms. The quantitative estimate of drug-likeness (QED) is 0.334. The van der Waals surface area contributed by atoms with Gasteiger partial charge < -0.3 is 10.2 Å². The molecule has 1 N–H and O–H groups in total. The monoisotopic (exact) mass is 555 g/mol. The van der Waals surface area contributed by atoms with Crippen LogP contribution in [0.3, 0.4) is 0 Å². The highest BCUT2D eigenvalue weighted by Gasteiger charge is 2.32. The molecule has 0 aliphatic heterocycles. The van der Waals surface area contributed by atoms with Gasteiger partial charge in [0.25, 0.3) is 0 Å². The zero-order valence-electron chi connectivity index (χ0n) is 22.0. The number of hydrogen-bond acceptors (Lipinski definition) is 4. The van der Waals surface area contributed by atoms with Crippen LogP contribution in [0.1, 0.15) is 57.1 Å². The maximum absolute atomic E-state index is 13.4. The minimum atomic E-state index is -4.63. The number of benzene rings is 2. The summed E-state index contributed by atoms with van der Waals surface area (Å²) in [6, 6.07) is 12.6. The van der Waals surface area contributed by atoms with E-state index in [1.165, 1.54) is 11.0 Å². The molecule has 0 heterocycles. The second-order valence-electron chi connectivity index (χ2n) is 9.06. The first kappa shape index (κ1) is 31.1. The molecule has 0 unspecified atom stereocenters. The first-order valence-corrected chi connectivity index (χ1v) is 14.5. The lowest BCUT2D eigenvalue weighted by Gasteiger charge is -2.31. The van der Waals surface area contributed by atoms with Crippen molar-refractivity contribution >= 4 is 27.5 Å². The molecule has 210 valence electrons. The van der Waals surface area contributed by atoms with E-state index in [2.05, 4.69) is 5.32 Å². The summed E-state index contributed by atoms with van der Waals surface area (Å²) in [5.41, 5.74) is -0.256. The van der Waals surface area contributed by atoms with Crippen LogP contribution in [0.15, 0.2) is 54.6 Å². The lowest BCUT2D eigenvalue weighted by Crippen LogP contribution is -2.49. The molecular weight excluding hydrogens is 519 g/mol. The summed E-state index contributed by atoms with van der Waals surface area (Å²) in [4.78, 5) is 27.8. The molecule has 2 aromatic carbocycles.